The van der Waals surface area contributed by atoms with Gasteiger partial charge in [0.1, 0.15) is 0 Å². The second kappa shape index (κ2) is 8.46. The number of hydrogen-bond donors (Lipinski definition) is 1. The molecule has 19 heavy (non-hydrogen) atoms. The Balaban J connectivity index is 2.58. The first-order valence-electron chi connectivity index (χ1n) is 6.69. The number of methoxy groups -OCH3 is 1. The zero-order valence-corrected chi connectivity index (χ0v) is 13.2. The second-order valence-electron chi connectivity index (χ2n) is 4.96. The molecule has 0 saturated carbocycles. The quantitative estimate of drug-likeness (QED) is 0.794. The van der Waals surface area contributed by atoms with Gasteiger partial charge in [-0.1, -0.05) is 36.2 Å². The van der Waals surface area contributed by atoms with Crippen LogP contribution < -0.4 is 5.32 Å². The minimum Gasteiger partial charge on any atom is -0.383 e. The second-order valence-corrected chi connectivity index (χ2v) is 6.46. The minimum absolute atomic E-state index is 0.168. The van der Waals surface area contributed by atoms with Crippen LogP contribution in [0.5, 0.6) is 0 Å². The summed E-state index contributed by atoms with van der Waals surface area (Å²) in [7, 11) is 0.815. The minimum atomic E-state index is -0.863. The average Bonchev–Trinajstić information content (AvgIpc) is 2.27. The van der Waals surface area contributed by atoms with Crippen molar-refractivity contribution in [2.75, 3.05) is 26.0 Å². The van der Waals surface area contributed by atoms with E-state index < -0.39 is 10.8 Å². The highest BCUT2D eigenvalue weighted by Crippen LogP contribution is 2.11. The maximum Gasteiger partial charge on any atom is 0.0624 e. The topological polar surface area (TPSA) is 38.3 Å². The van der Waals surface area contributed by atoms with Crippen LogP contribution in [0.3, 0.4) is 0 Å². The molecule has 0 aliphatic rings. The summed E-state index contributed by atoms with van der Waals surface area (Å²) in [6.07, 6.45) is 0. The van der Waals surface area contributed by atoms with Gasteiger partial charge in [0, 0.05) is 35.5 Å². The summed E-state index contributed by atoms with van der Waals surface area (Å²) in [5, 5.41) is 3.30. The van der Waals surface area contributed by atoms with E-state index in [-0.39, 0.29) is 6.04 Å². The molecule has 0 fully saturated rings. The number of nitrogens with one attached hydrogen (secondary N) is 1. The van der Waals surface area contributed by atoms with Gasteiger partial charge in [-0.3, -0.25) is 4.21 Å². The number of aryl methyl sites for hydroxylation is 2. The molecule has 3 nitrogen and oxygen atoms in total. The zero-order valence-electron chi connectivity index (χ0n) is 12.4. The maximum absolute atomic E-state index is 12.2. The molecule has 2 atom stereocenters. The van der Waals surface area contributed by atoms with E-state index in [4.69, 9.17) is 4.74 Å². The summed E-state index contributed by atoms with van der Waals surface area (Å²) < 4.78 is 17.4. The lowest BCUT2D eigenvalue weighted by molar-refractivity contribution is 0.174. The van der Waals surface area contributed by atoms with Crippen molar-refractivity contribution in [3.63, 3.8) is 0 Å². The van der Waals surface area contributed by atoms with Crippen molar-refractivity contribution in [2.45, 2.75) is 32.6 Å². The summed E-state index contributed by atoms with van der Waals surface area (Å²) in [6.45, 7) is 7.67. The fraction of sp³-hybridized carbons (Fsp3) is 0.600. The van der Waals surface area contributed by atoms with Crippen molar-refractivity contribution in [1.29, 1.82) is 0 Å². The van der Waals surface area contributed by atoms with Crippen LogP contribution in [-0.2, 0) is 21.3 Å². The molecule has 1 aromatic carbocycles. The third-order valence-corrected chi connectivity index (χ3v) is 4.29. The monoisotopic (exact) mass is 283 g/mol. The molecule has 108 valence electrons. The van der Waals surface area contributed by atoms with Gasteiger partial charge in [0.25, 0.3) is 0 Å². The van der Waals surface area contributed by atoms with E-state index in [0.717, 1.165) is 12.1 Å². The van der Waals surface area contributed by atoms with E-state index in [1.807, 2.05) is 0 Å². The van der Waals surface area contributed by atoms with Crippen molar-refractivity contribution >= 4 is 10.8 Å². The Bertz CT molecular complexity index is 394. The van der Waals surface area contributed by atoms with Crippen LogP contribution in [0.25, 0.3) is 0 Å². The van der Waals surface area contributed by atoms with Crippen LogP contribution >= 0.6 is 0 Å². The van der Waals surface area contributed by atoms with Gasteiger partial charge in [-0.25, -0.2) is 0 Å². The highest BCUT2D eigenvalue weighted by Gasteiger charge is 2.12. The van der Waals surface area contributed by atoms with E-state index in [1.165, 1.54) is 11.1 Å². The van der Waals surface area contributed by atoms with Crippen LogP contribution in [0.4, 0.5) is 0 Å². The molecular formula is C15H25NO2S. The molecule has 0 bridgehead atoms. The number of likely N-dealkylation sites (N-methyl/N-ethyl adjacent to an activating group) is 1. The zero-order chi connectivity index (χ0) is 14.3. The van der Waals surface area contributed by atoms with E-state index in [0.29, 0.717) is 18.1 Å². The molecule has 0 aromatic heterocycles. The molecule has 1 rings (SSSR count). The third kappa shape index (κ3) is 6.32. The smallest absolute Gasteiger partial charge is 0.0624 e. The summed E-state index contributed by atoms with van der Waals surface area (Å²) >= 11 is 0. The molecule has 0 aliphatic heterocycles. The first-order chi connectivity index (χ1) is 9.05. The van der Waals surface area contributed by atoms with Crippen LogP contribution in [0, 0.1) is 13.8 Å². The van der Waals surface area contributed by atoms with Crippen molar-refractivity contribution in [2.24, 2.45) is 0 Å². The SMILES string of the molecule is CCNC(COC)CS(=O)Cc1cc(C)cc(C)c1. The average molecular weight is 283 g/mol. The van der Waals surface area contributed by atoms with Gasteiger partial charge in [-0.2, -0.15) is 0 Å². The fourth-order valence-corrected chi connectivity index (χ4v) is 3.60. The Hall–Kier alpha value is -0.710. The van der Waals surface area contributed by atoms with Gasteiger partial charge in [0.15, 0.2) is 0 Å². The number of rotatable bonds is 8. The Morgan fingerprint density at radius 1 is 1.26 bits per heavy atom. The highest BCUT2D eigenvalue weighted by atomic mass is 32.2. The van der Waals surface area contributed by atoms with Crippen LogP contribution in [0.15, 0.2) is 18.2 Å². The van der Waals surface area contributed by atoms with Gasteiger partial charge in [-0.15, -0.1) is 0 Å². The van der Waals surface area contributed by atoms with Crippen molar-refractivity contribution in [3.05, 3.63) is 34.9 Å². The lowest BCUT2D eigenvalue weighted by Gasteiger charge is -2.16. The molecule has 0 heterocycles. The summed E-state index contributed by atoms with van der Waals surface area (Å²) in [6, 6.07) is 6.54. The lowest BCUT2D eigenvalue weighted by Crippen LogP contribution is -2.37. The van der Waals surface area contributed by atoms with Crippen LogP contribution in [0.2, 0.25) is 0 Å². The molecular weight excluding hydrogens is 258 g/mol. The van der Waals surface area contributed by atoms with Gasteiger partial charge >= 0.3 is 0 Å². The highest BCUT2D eigenvalue weighted by molar-refractivity contribution is 7.84. The molecule has 0 radical (unpaired) electrons. The van der Waals surface area contributed by atoms with Crippen molar-refractivity contribution < 1.29 is 8.95 Å². The molecule has 0 saturated heterocycles. The number of hydrogen-bond acceptors (Lipinski definition) is 3. The summed E-state index contributed by atoms with van der Waals surface area (Å²) in [5.41, 5.74) is 3.61. The Morgan fingerprint density at radius 3 is 2.42 bits per heavy atom. The summed E-state index contributed by atoms with van der Waals surface area (Å²) in [4.78, 5) is 0. The van der Waals surface area contributed by atoms with Gasteiger partial charge in [0.2, 0.25) is 0 Å². The predicted molar refractivity (Wildman–Crippen MR) is 82.0 cm³/mol. The van der Waals surface area contributed by atoms with Crippen molar-refractivity contribution in [1.82, 2.24) is 5.32 Å². The first-order valence-corrected chi connectivity index (χ1v) is 8.18. The number of benzene rings is 1. The Morgan fingerprint density at radius 2 is 1.89 bits per heavy atom. The van der Waals surface area contributed by atoms with E-state index in [9.17, 15) is 4.21 Å². The molecule has 1 N–H and O–H groups in total. The molecule has 2 unspecified atom stereocenters. The Labute approximate surface area is 119 Å². The van der Waals surface area contributed by atoms with E-state index in [2.05, 4.69) is 44.3 Å². The van der Waals surface area contributed by atoms with E-state index >= 15 is 0 Å². The van der Waals surface area contributed by atoms with Gasteiger partial charge in [0.05, 0.1) is 6.61 Å². The predicted octanol–water partition coefficient (Wildman–Crippen LogP) is 2.18. The molecule has 0 amide bonds. The van der Waals surface area contributed by atoms with E-state index in [1.54, 1.807) is 7.11 Å². The fourth-order valence-electron chi connectivity index (χ4n) is 2.28. The maximum atomic E-state index is 12.2. The van der Waals surface area contributed by atoms with Crippen LogP contribution in [0.1, 0.15) is 23.6 Å². The van der Waals surface area contributed by atoms with Crippen LogP contribution in [-0.4, -0.2) is 36.3 Å². The lowest BCUT2D eigenvalue weighted by atomic mass is 10.1. The van der Waals surface area contributed by atoms with Crippen molar-refractivity contribution in [3.8, 4) is 0 Å². The number of ether oxygens (including phenoxy) is 1. The van der Waals surface area contributed by atoms with Gasteiger partial charge in [-0.05, 0) is 26.0 Å². The standard InChI is InChI=1S/C15H25NO2S/c1-5-16-15(9-18-4)11-19(17)10-14-7-12(2)6-13(3)8-14/h6-8,15-16H,5,9-11H2,1-4H3. The molecule has 0 aliphatic carbocycles. The Kier molecular flexibility index (Phi) is 7.28. The normalized spacial score (nSPS) is 14.3. The molecule has 0 spiro atoms. The first kappa shape index (κ1) is 16.3. The van der Waals surface area contributed by atoms with Gasteiger partial charge < -0.3 is 10.1 Å². The molecule has 4 heteroatoms. The summed E-state index contributed by atoms with van der Waals surface area (Å²) in [5.74, 6) is 1.25. The molecule has 1 aromatic rings. The third-order valence-electron chi connectivity index (χ3n) is 2.86. The largest absolute Gasteiger partial charge is 0.383 e.